The van der Waals surface area contributed by atoms with E-state index >= 15 is 0 Å². The Morgan fingerprint density at radius 1 is 0.741 bits per heavy atom. The van der Waals surface area contributed by atoms with Gasteiger partial charge < -0.3 is 19.4 Å². The van der Waals surface area contributed by atoms with E-state index in [9.17, 15) is 0 Å². The minimum atomic E-state index is 0.489. The van der Waals surface area contributed by atoms with Crippen LogP contribution in [0, 0.1) is 0 Å². The van der Waals surface area contributed by atoms with Crippen LogP contribution in [-0.2, 0) is 4.74 Å². The fourth-order valence-electron chi connectivity index (χ4n) is 3.67. The largest absolute Gasteiger partial charge is 0.487 e. The van der Waals surface area contributed by atoms with Crippen molar-refractivity contribution in [3.8, 4) is 5.75 Å². The van der Waals surface area contributed by atoms with Crippen molar-refractivity contribution in [2.24, 2.45) is 0 Å². The summed E-state index contributed by atoms with van der Waals surface area (Å²) >= 11 is 7.18. The number of H-pyrrole nitrogens is 2. The van der Waals surface area contributed by atoms with Crippen molar-refractivity contribution in [2.45, 2.75) is 0 Å². The summed E-state index contributed by atoms with van der Waals surface area (Å²) in [6.45, 7) is 1.03. The van der Waals surface area contributed by atoms with E-state index < -0.39 is 0 Å². The zero-order valence-electron chi connectivity index (χ0n) is 14.5. The van der Waals surface area contributed by atoms with Gasteiger partial charge in [-0.15, -0.1) is 0 Å². The van der Waals surface area contributed by atoms with E-state index in [1.165, 1.54) is 10.8 Å². The van der Waals surface area contributed by atoms with Gasteiger partial charge in [0.1, 0.15) is 6.61 Å². The highest BCUT2D eigenvalue weighted by atomic mass is 79.9. The lowest BCUT2D eigenvalue weighted by atomic mass is 10.1. The molecule has 0 bridgehead atoms. The molecule has 0 saturated heterocycles. The Morgan fingerprint density at radius 3 is 1.81 bits per heavy atom. The van der Waals surface area contributed by atoms with Crippen LogP contribution >= 0.6 is 31.9 Å². The standard InChI is InChI=1S/C21H16Br2N2O2/c1-26-6-7-27-21-19-15(13-8-11(22)2-4-17(13)24-19)10-16-14-9-12(23)3-5-18(14)25-20(16)21/h2-5,8-10,24-25H,6-7H2,1H3. The third kappa shape index (κ3) is 2.74. The Hall–Kier alpha value is -2.02. The van der Waals surface area contributed by atoms with Gasteiger partial charge in [-0.05, 0) is 42.5 Å². The number of halogens is 2. The van der Waals surface area contributed by atoms with Crippen LogP contribution in [0.5, 0.6) is 5.75 Å². The van der Waals surface area contributed by atoms with Crippen LogP contribution in [0.2, 0.25) is 0 Å². The Kier molecular flexibility index (Phi) is 4.15. The molecule has 6 heteroatoms. The van der Waals surface area contributed by atoms with E-state index in [2.05, 4.69) is 72.2 Å². The topological polar surface area (TPSA) is 50.0 Å². The third-order valence-corrected chi connectivity index (χ3v) is 5.86. The number of aromatic nitrogens is 2. The van der Waals surface area contributed by atoms with Crippen LogP contribution in [0.25, 0.3) is 43.6 Å². The highest BCUT2D eigenvalue weighted by Crippen LogP contribution is 2.41. The molecule has 0 spiro atoms. The molecule has 0 unspecified atom stereocenters. The molecular formula is C21H16Br2N2O2. The van der Waals surface area contributed by atoms with Gasteiger partial charge >= 0.3 is 0 Å². The highest BCUT2D eigenvalue weighted by Gasteiger charge is 2.17. The molecule has 0 atom stereocenters. The molecule has 2 N–H and O–H groups in total. The number of nitrogens with one attached hydrogen (secondary N) is 2. The summed E-state index contributed by atoms with van der Waals surface area (Å²) in [7, 11) is 1.68. The Morgan fingerprint density at radius 2 is 1.30 bits per heavy atom. The second kappa shape index (κ2) is 6.55. The van der Waals surface area contributed by atoms with Crippen LogP contribution in [0.3, 0.4) is 0 Å². The fourth-order valence-corrected chi connectivity index (χ4v) is 4.39. The van der Waals surface area contributed by atoms with Crippen LogP contribution in [-0.4, -0.2) is 30.3 Å². The minimum absolute atomic E-state index is 0.489. The van der Waals surface area contributed by atoms with Gasteiger partial charge in [0.15, 0.2) is 5.75 Å². The van der Waals surface area contributed by atoms with Crippen molar-refractivity contribution < 1.29 is 9.47 Å². The van der Waals surface area contributed by atoms with E-state index in [0.29, 0.717) is 13.2 Å². The maximum absolute atomic E-state index is 6.18. The molecule has 0 aliphatic rings. The number of ether oxygens (including phenoxy) is 2. The molecule has 0 saturated carbocycles. The molecular weight excluding hydrogens is 472 g/mol. The third-order valence-electron chi connectivity index (χ3n) is 4.88. The van der Waals surface area contributed by atoms with Crippen molar-refractivity contribution in [3.05, 3.63) is 51.4 Å². The van der Waals surface area contributed by atoms with Gasteiger partial charge in [0.2, 0.25) is 0 Å². The minimum Gasteiger partial charge on any atom is -0.487 e. The quantitative estimate of drug-likeness (QED) is 0.284. The van der Waals surface area contributed by atoms with E-state index in [4.69, 9.17) is 9.47 Å². The van der Waals surface area contributed by atoms with Crippen molar-refractivity contribution in [3.63, 3.8) is 0 Å². The summed E-state index contributed by atoms with van der Waals surface area (Å²) in [6.07, 6.45) is 0. The van der Waals surface area contributed by atoms with Gasteiger partial charge in [-0.2, -0.15) is 0 Å². The molecule has 27 heavy (non-hydrogen) atoms. The lowest BCUT2D eigenvalue weighted by Gasteiger charge is -2.08. The molecule has 0 aliphatic carbocycles. The first kappa shape index (κ1) is 17.1. The predicted octanol–water partition coefficient (Wildman–Crippen LogP) is 6.51. The van der Waals surface area contributed by atoms with Gasteiger partial charge in [0.05, 0.1) is 17.6 Å². The van der Waals surface area contributed by atoms with Gasteiger partial charge in [0, 0.05) is 48.6 Å². The summed E-state index contributed by atoms with van der Waals surface area (Å²) in [5, 5.41) is 4.63. The van der Waals surface area contributed by atoms with Gasteiger partial charge in [-0.3, -0.25) is 0 Å². The molecule has 2 aromatic heterocycles. The van der Waals surface area contributed by atoms with Gasteiger partial charge in [0.25, 0.3) is 0 Å². The van der Waals surface area contributed by atoms with E-state index in [0.717, 1.165) is 47.5 Å². The number of rotatable bonds is 4. The van der Waals surface area contributed by atoms with E-state index in [1.54, 1.807) is 7.11 Å². The number of aromatic amines is 2. The molecule has 5 aromatic rings. The summed E-state index contributed by atoms with van der Waals surface area (Å²) in [4.78, 5) is 7.07. The Balaban J connectivity index is 1.91. The average Bonchev–Trinajstić information content (AvgIpc) is 3.19. The molecule has 136 valence electrons. The maximum atomic E-state index is 6.18. The SMILES string of the molecule is COCCOc1c2[nH]c3ccc(Br)cc3c2cc2c1[nH]c1ccc(Br)cc12. The molecule has 4 nitrogen and oxygen atoms in total. The van der Waals surface area contributed by atoms with Crippen molar-refractivity contribution in [2.75, 3.05) is 20.3 Å². The summed E-state index contributed by atoms with van der Waals surface area (Å²) < 4.78 is 13.5. The molecule has 3 aromatic carbocycles. The summed E-state index contributed by atoms with van der Waals surface area (Å²) in [5.74, 6) is 0.833. The number of hydrogen-bond acceptors (Lipinski definition) is 2. The Labute approximate surface area is 172 Å². The highest BCUT2D eigenvalue weighted by molar-refractivity contribution is 9.10. The molecule has 0 radical (unpaired) electrons. The van der Waals surface area contributed by atoms with Crippen LogP contribution < -0.4 is 4.74 Å². The van der Waals surface area contributed by atoms with Crippen molar-refractivity contribution in [1.29, 1.82) is 0 Å². The number of hydrogen-bond donors (Lipinski definition) is 2. The number of methoxy groups -OCH3 is 1. The number of fused-ring (bicyclic) bond motifs is 6. The lowest BCUT2D eigenvalue weighted by Crippen LogP contribution is -2.05. The van der Waals surface area contributed by atoms with E-state index in [1.807, 2.05) is 12.1 Å². The monoisotopic (exact) mass is 486 g/mol. The van der Waals surface area contributed by atoms with Crippen LogP contribution in [0.15, 0.2) is 51.4 Å². The Bertz CT molecular complexity index is 1230. The predicted molar refractivity (Wildman–Crippen MR) is 118 cm³/mol. The first-order valence-electron chi connectivity index (χ1n) is 8.62. The summed E-state index contributed by atoms with van der Waals surface area (Å²) in [5.41, 5.74) is 4.17. The number of benzene rings is 3. The zero-order valence-corrected chi connectivity index (χ0v) is 17.7. The first-order chi connectivity index (χ1) is 13.2. The molecule has 0 fully saturated rings. The fraction of sp³-hybridized carbons (Fsp3) is 0.143. The van der Waals surface area contributed by atoms with Crippen LogP contribution in [0.4, 0.5) is 0 Å². The smallest absolute Gasteiger partial charge is 0.167 e. The normalized spacial score (nSPS) is 12.0. The zero-order chi connectivity index (χ0) is 18.5. The van der Waals surface area contributed by atoms with Crippen molar-refractivity contribution in [1.82, 2.24) is 9.97 Å². The second-order valence-electron chi connectivity index (χ2n) is 6.52. The lowest BCUT2D eigenvalue weighted by molar-refractivity contribution is 0.148. The first-order valence-corrected chi connectivity index (χ1v) is 10.2. The maximum Gasteiger partial charge on any atom is 0.167 e. The van der Waals surface area contributed by atoms with E-state index in [-0.39, 0.29) is 0 Å². The average molecular weight is 488 g/mol. The second-order valence-corrected chi connectivity index (χ2v) is 8.35. The van der Waals surface area contributed by atoms with Crippen LogP contribution in [0.1, 0.15) is 0 Å². The van der Waals surface area contributed by atoms with Gasteiger partial charge in [-0.1, -0.05) is 31.9 Å². The summed E-state index contributed by atoms with van der Waals surface area (Å²) in [6, 6.07) is 14.8. The molecule has 0 amide bonds. The van der Waals surface area contributed by atoms with Crippen molar-refractivity contribution >= 4 is 75.5 Å². The van der Waals surface area contributed by atoms with Gasteiger partial charge in [-0.25, -0.2) is 0 Å². The molecule has 0 aliphatic heterocycles. The molecule has 2 heterocycles. The molecule has 5 rings (SSSR count).